The second kappa shape index (κ2) is 14.3. The Labute approximate surface area is 303 Å². The number of amides is 5. The summed E-state index contributed by atoms with van der Waals surface area (Å²) in [6.45, 7) is 10.1. The highest BCUT2D eigenvalue weighted by molar-refractivity contribution is 7.91. The van der Waals surface area contributed by atoms with Crippen molar-refractivity contribution in [1.82, 2.24) is 20.3 Å². The van der Waals surface area contributed by atoms with Crippen molar-refractivity contribution in [1.29, 1.82) is 0 Å². The van der Waals surface area contributed by atoms with E-state index in [4.69, 9.17) is 4.74 Å². The number of nitrogens with one attached hydrogen (secondary N) is 3. The van der Waals surface area contributed by atoms with Crippen molar-refractivity contribution in [3.05, 3.63) is 42.2 Å². The SMILES string of the molecule is C[C@H]1CC/C=C\[C@@H]2C[C@@]2(C(=O)NS(=O)(=O)C2(C)CC2)NC(=O)[C@@H]2C[C@@H](N(C(=O)O)c3ccc(F)cc3)CN2C(=O)[C@@H](NC(=O)OC(C)(C)C)[C@H](C)C1. The molecule has 4 N–H and O–H groups in total. The normalized spacial score (nSPS) is 31.0. The second-order valence-electron chi connectivity index (χ2n) is 16.1. The number of halogens is 1. The van der Waals surface area contributed by atoms with Crippen LogP contribution in [0.2, 0.25) is 0 Å². The first-order valence-electron chi connectivity index (χ1n) is 17.8. The molecule has 16 heteroatoms. The van der Waals surface area contributed by atoms with Crippen molar-refractivity contribution in [2.75, 3.05) is 11.4 Å². The van der Waals surface area contributed by atoms with E-state index in [1.807, 2.05) is 19.9 Å². The van der Waals surface area contributed by atoms with Crippen molar-refractivity contribution >= 4 is 45.6 Å². The Morgan fingerprint density at radius 3 is 2.35 bits per heavy atom. The Morgan fingerprint density at radius 2 is 1.75 bits per heavy atom. The van der Waals surface area contributed by atoms with Crippen molar-refractivity contribution in [3.8, 4) is 0 Å². The Hall–Kier alpha value is -4.21. The summed E-state index contributed by atoms with van der Waals surface area (Å²) in [6, 6.07) is 1.25. The van der Waals surface area contributed by atoms with Crippen LogP contribution in [0, 0.1) is 23.6 Å². The number of sulfonamides is 1. The van der Waals surface area contributed by atoms with Crippen LogP contribution in [0.5, 0.6) is 0 Å². The molecule has 52 heavy (non-hydrogen) atoms. The average Bonchev–Trinajstić information content (AvgIpc) is 3.91. The molecule has 4 aliphatic rings. The fourth-order valence-corrected chi connectivity index (χ4v) is 8.54. The quantitative estimate of drug-likeness (QED) is 0.311. The van der Waals surface area contributed by atoms with Gasteiger partial charge in [-0.05, 0) is 109 Å². The maximum Gasteiger partial charge on any atom is 0.412 e. The first-order valence-corrected chi connectivity index (χ1v) is 19.3. The molecule has 7 atom stereocenters. The molecule has 5 amide bonds. The zero-order valence-corrected chi connectivity index (χ0v) is 31.3. The molecule has 0 bridgehead atoms. The minimum atomic E-state index is -4.06. The molecule has 2 heterocycles. The summed E-state index contributed by atoms with van der Waals surface area (Å²) >= 11 is 0. The lowest BCUT2D eigenvalue weighted by Crippen LogP contribution is -2.59. The lowest BCUT2D eigenvalue weighted by Gasteiger charge is -2.33. The van der Waals surface area contributed by atoms with Crippen LogP contribution in [0.3, 0.4) is 0 Å². The first-order chi connectivity index (χ1) is 24.2. The number of hydrogen-bond donors (Lipinski definition) is 4. The number of benzene rings is 1. The van der Waals surface area contributed by atoms with Gasteiger partial charge in [0.15, 0.2) is 0 Å². The number of rotatable bonds is 6. The second-order valence-corrected chi connectivity index (χ2v) is 18.3. The maximum atomic E-state index is 14.6. The van der Waals surface area contributed by atoms with Gasteiger partial charge in [0, 0.05) is 18.2 Å². The van der Waals surface area contributed by atoms with Gasteiger partial charge in [-0.2, -0.15) is 0 Å². The summed E-state index contributed by atoms with van der Waals surface area (Å²) in [6.07, 6.45) is 3.98. The fraction of sp³-hybridized carbons (Fsp3) is 0.639. The molecule has 5 rings (SSSR count). The van der Waals surface area contributed by atoms with Crippen molar-refractivity contribution < 1.29 is 46.6 Å². The lowest BCUT2D eigenvalue weighted by atomic mass is 9.88. The number of ether oxygens (including phenoxy) is 1. The zero-order chi connectivity index (χ0) is 38.4. The number of carbonyl (C=O) groups excluding carboxylic acids is 4. The van der Waals surface area contributed by atoms with Crippen LogP contribution >= 0.6 is 0 Å². The third-order valence-corrected chi connectivity index (χ3v) is 12.8. The number of fused-ring (bicyclic) bond motifs is 2. The molecule has 1 saturated heterocycles. The highest BCUT2D eigenvalue weighted by atomic mass is 32.2. The molecule has 2 saturated carbocycles. The maximum absolute atomic E-state index is 14.6. The van der Waals surface area contributed by atoms with Crippen LogP contribution in [-0.2, 0) is 29.1 Å². The molecule has 3 fully saturated rings. The molecule has 14 nitrogen and oxygen atoms in total. The Kier molecular flexibility index (Phi) is 10.7. The van der Waals surface area contributed by atoms with Crippen molar-refractivity contribution in [2.45, 2.75) is 121 Å². The van der Waals surface area contributed by atoms with Gasteiger partial charge < -0.3 is 25.4 Å². The third-order valence-electron chi connectivity index (χ3n) is 10.6. The lowest BCUT2D eigenvalue weighted by molar-refractivity contribution is -0.142. The molecule has 1 aromatic rings. The summed E-state index contributed by atoms with van der Waals surface area (Å²) in [4.78, 5) is 70.8. The first kappa shape index (κ1) is 39.0. The van der Waals surface area contributed by atoms with Crippen LogP contribution in [0.25, 0.3) is 0 Å². The number of carbonyl (C=O) groups is 5. The molecule has 0 spiro atoms. The minimum absolute atomic E-state index is 0.0834. The van der Waals surface area contributed by atoms with E-state index in [2.05, 4.69) is 15.4 Å². The van der Waals surface area contributed by atoms with Gasteiger partial charge >= 0.3 is 12.2 Å². The highest BCUT2D eigenvalue weighted by Gasteiger charge is 2.63. The smallest absolute Gasteiger partial charge is 0.412 e. The van der Waals surface area contributed by atoms with E-state index in [0.29, 0.717) is 32.1 Å². The standard InChI is InChI=1S/C36H50FN5O9S/c1-21-9-7-8-10-23-19-36(23,31(45)40-52(49,50)35(6)15-16-35)39-29(43)27-18-26(42(33(47)48)25-13-11-24(37)12-14-25)20-41(27)30(44)28(22(2)17-21)38-32(46)51-34(3,4)5/h8,10-14,21-23,26-28H,7,9,15-20H2,1-6H3,(H,38,46)(H,39,43)(H,40,45)(H,47,48)/b10-8-/t21-,22+,23+,26+,27-,28-,36+/m0/s1. The Bertz CT molecular complexity index is 1730. The number of allylic oxidation sites excluding steroid dienone is 1. The van der Waals surface area contributed by atoms with E-state index in [0.717, 1.165) is 17.0 Å². The molecular formula is C36H50FN5O9S. The number of carboxylic acid groups (broad SMARTS) is 1. The molecule has 2 aliphatic carbocycles. The molecular weight excluding hydrogens is 697 g/mol. The summed E-state index contributed by atoms with van der Waals surface area (Å²) in [5, 5.41) is 15.8. The summed E-state index contributed by atoms with van der Waals surface area (Å²) < 4.78 is 46.6. The molecule has 286 valence electrons. The van der Waals surface area contributed by atoms with Crippen LogP contribution in [-0.4, -0.2) is 88.9 Å². The number of nitrogens with zero attached hydrogens (tertiary/aromatic N) is 2. The topological polar surface area (TPSA) is 192 Å². The summed E-state index contributed by atoms with van der Waals surface area (Å²) in [7, 11) is -4.06. The van der Waals surface area contributed by atoms with Gasteiger partial charge in [0.1, 0.15) is 29.0 Å². The monoisotopic (exact) mass is 747 g/mol. The highest BCUT2D eigenvalue weighted by Crippen LogP contribution is 2.47. The molecule has 0 unspecified atom stereocenters. The van der Waals surface area contributed by atoms with E-state index in [9.17, 15) is 41.9 Å². The van der Waals surface area contributed by atoms with Gasteiger partial charge in [-0.1, -0.05) is 26.0 Å². The molecule has 2 aliphatic heterocycles. The summed E-state index contributed by atoms with van der Waals surface area (Å²) in [5.41, 5.74) is -2.40. The number of alkyl carbamates (subject to hydrolysis) is 1. The minimum Gasteiger partial charge on any atom is -0.465 e. The van der Waals surface area contributed by atoms with E-state index in [1.54, 1.807) is 33.8 Å². The molecule has 0 aromatic heterocycles. The van der Waals surface area contributed by atoms with E-state index >= 15 is 0 Å². The average molecular weight is 748 g/mol. The third kappa shape index (κ3) is 8.37. The molecule has 1 aromatic carbocycles. The van der Waals surface area contributed by atoms with Crippen LogP contribution < -0.4 is 20.3 Å². The predicted molar refractivity (Wildman–Crippen MR) is 189 cm³/mol. The van der Waals surface area contributed by atoms with Gasteiger partial charge in [-0.15, -0.1) is 0 Å². The Balaban J connectivity index is 1.54. The largest absolute Gasteiger partial charge is 0.465 e. The predicted octanol–water partition coefficient (Wildman–Crippen LogP) is 4.06. The van der Waals surface area contributed by atoms with Crippen LogP contribution in [0.15, 0.2) is 36.4 Å². The van der Waals surface area contributed by atoms with Gasteiger partial charge in [0.05, 0.1) is 10.8 Å². The van der Waals surface area contributed by atoms with Crippen molar-refractivity contribution in [2.24, 2.45) is 17.8 Å². The van der Waals surface area contributed by atoms with Crippen LogP contribution in [0.1, 0.15) is 86.5 Å². The van der Waals surface area contributed by atoms with E-state index < -0.39 is 91.6 Å². The van der Waals surface area contributed by atoms with E-state index in [1.165, 1.54) is 17.0 Å². The van der Waals surface area contributed by atoms with E-state index in [-0.39, 0.29) is 31.0 Å². The number of anilines is 1. The summed E-state index contributed by atoms with van der Waals surface area (Å²) in [5.74, 6) is -3.80. The zero-order valence-electron chi connectivity index (χ0n) is 30.5. The fourth-order valence-electron chi connectivity index (χ4n) is 7.23. The van der Waals surface area contributed by atoms with Crippen LogP contribution in [0.4, 0.5) is 19.7 Å². The van der Waals surface area contributed by atoms with Crippen molar-refractivity contribution in [3.63, 3.8) is 0 Å². The molecule has 0 radical (unpaired) electrons. The number of hydrogen-bond acceptors (Lipinski definition) is 8. The van der Waals surface area contributed by atoms with Gasteiger partial charge in [0.25, 0.3) is 5.91 Å². The van der Waals surface area contributed by atoms with Gasteiger partial charge in [0.2, 0.25) is 21.8 Å². The van der Waals surface area contributed by atoms with Gasteiger partial charge in [-0.3, -0.25) is 24.0 Å². The van der Waals surface area contributed by atoms with Gasteiger partial charge in [-0.25, -0.2) is 22.4 Å². The Morgan fingerprint density at radius 1 is 1.10 bits per heavy atom.